The molecule has 0 N–H and O–H groups in total. The van der Waals surface area contributed by atoms with Crippen molar-refractivity contribution in [3.05, 3.63) is 48.0 Å². The van der Waals surface area contributed by atoms with Crippen LogP contribution in [0.4, 0.5) is 0 Å². The summed E-state index contributed by atoms with van der Waals surface area (Å²) < 4.78 is 5.59. The molecule has 0 bridgehead atoms. The Morgan fingerprint density at radius 1 is 1.15 bits per heavy atom. The fourth-order valence-electron chi connectivity index (χ4n) is 3.28. The van der Waals surface area contributed by atoms with Gasteiger partial charge in [-0.15, -0.1) is 0 Å². The first-order valence-electron chi connectivity index (χ1n) is 6.81. The molecule has 0 unspecified atom stereocenters. The average molecular weight is 265 g/mol. The molecule has 20 heavy (non-hydrogen) atoms. The molecular weight excluding hydrogens is 250 g/mol. The van der Waals surface area contributed by atoms with E-state index in [9.17, 15) is 0 Å². The van der Waals surface area contributed by atoms with Crippen molar-refractivity contribution in [1.29, 1.82) is 0 Å². The van der Waals surface area contributed by atoms with Gasteiger partial charge in [-0.05, 0) is 16.7 Å². The fraction of sp³-hybridized carbons (Fsp3) is 0.312. The third-order valence-electron chi connectivity index (χ3n) is 4.11. The molecule has 1 atom stereocenters. The minimum absolute atomic E-state index is 0.0852. The summed E-state index contributed by atoms with van der Waals surface area (Å²) in [6.07, 6.45) is 7.19. The molecule has 100 valence electrons. The van der Waals surface area contributed by atoms with Crippen LogP contribution >= 0.6 is 0 Å². The lowest BCUT2D eigenvalue weighted by Crippen LogP contribution is -2.28. The van der Waals surface area contributed by atoms with E-state index in [2.05, 4.69) is 28.2 Å². The summed E-state index contributed by atoms with van der Waals surface area (Å²) in [6.45, 7) is 2.63. The van der Waals surface area contributed by atoms with Crippen molar-refractivity contribution in [2.24, 2.45) is 4.99 Å². The SMILES string of the molecule is CC1=N[C@]2(CO1)Cc1cccc(-c3cncnc3)c1C2. The molecule has 1 aliphatic carbocycles. The van der Waals surface area contributed by atoms with Crippen molar-refractivity contribution < 1.29 is 4.74 Å². The summed E-state index contributed by atoms with van der Waals surface area (Å²) in [5.41, 5.74) is 4.94. The number of hydrogen-bond donors (Lipinski definition) is 0. The second-order valence-electron chi connectivity index (χ2n) is 5.57. The van der Waals surface area contributed by atoms with Gasteiger partial charge < -0.3 is 4.74 Å². The Hall–Kier alpha value is -2.23. The zero-order chi connectivity index (χ0) is 13.6. The highest BCUT2D eigenvalue weighted by atomic mass is 16.5. The van der Waals surface area contributed by atoms with Crippen LogP contribution in [0.1, 0.15) is 18.1 Å². The summed E-state index contributed by atoms with van der Waals surface area (Å²) in [5.74, 6) is 0.808. The number of rotatable bonds is 1. The molecule has 4 nitrogen and oxygen atoms in total. The second-order valence-corrected chi connectivity index (χ2v) is 5.57. The number of fused-ring (bicyclic) bond motifs is 1. The monoisotopic (exact) mass is 265 g/mol. The summed E-state index contributed by atoms with van der Waals surface area (Å²) in [4.78, 5) is 13.0. The van der Waals surface area contributed by atoms with E-state index in [1.54, 1.807) is 6.33 Å². The van der Waals surface area contributed by atoms with E-state index in [-0.39, 0.29) is 5.54 Å². The quantitative estimate of drug-likeness (QED) is 0.795. The molecule has 0 saturated heterocycles. The first-order chi connectivity index (χ1) is 9.76. The molecule has 1 aromatic heterocycles. The van der Waals surface area contributed by atoms with Crippen LogP contribution in [-0.2, 0) is 17.6 Å². The molecule has 0 amide bonds. The molecule has 2 aromatic rings. The van der Waals surface area contributed by atoms with Crippen LogP contribution in [0.2, 0.25) is 0 Å². The summed E-state index contributed by atoms with van der Waals surface area (Å²) in [6, 6.07) is 6.44. The van der Waals surface area contributed by atoms with Gasteiger partial charge in [-0.25, -0.2) is 15.0 Å². The van der Waals surface area contributed by atoms with Crippen LogP contribution < -0.4 is 0 Å². The number of benzene rings is 1. The largest absolute Gasteiger partial charge is 0.479 e. The van der Waals surface area contributed by atoms with Crippen molar-refractivity contribution in [1.82, 2.24) is 9.97 Å². The number of nitrogens with zero attached hydrogens (tertiary/aromatic N) is 3. The van der Waals surface area contributed by atoms with Gasteiger partial charge in [-0.2, -0.15) is 0 Å². The van der Waals surface area contributed by atoms with Gasteiger partial charge in [0.15, 0.2) is 5.90 Å². The minimum atomic E-state index is -0.0852. The average Bonchev–Trinajstić information content (AvgIpc) is 3.01. The Morgan fingerprint density at radius 3 is 2.75 bits per heavy atom. The maximum atomic E-state index is 5.59. The number of hydrogen-bond acceptors (Lipinski definition) is 4. The van der Waals surface area contributed by atoms with Crippen LogP contribution in [0.3, 0.4) is 0 Å². The molecule has 1 aromatic carbocycles. The van der Waals surface area contributed by atoms with Gasteiger partial charge in [0.2, 0.25) is 0 Å². The Balaban J connectivity index is 1.80. The zero-order valence-electron chi connectivity index (χ0n) is 11.3. The Bertz CT molecular complexity index is 696. The van der Waals surface area contributed by atoms with E-state index in [1.165, 1.54) is 16.7 Å². The molecule has 4 rings (SSSR count). The summed E-state index contributed by atoms with van der Waals surface area (Å²) >= 11 is 0. The van der Waals surface area contributed by atoms with Crippen molar-refractivity contribution in [2.75, 3.05) is 6.61 Å². The minimum Gasteiger partial charge on any atom is -0.479 e. The molecule has 0 radical (unpaired) electrons. The lowest BCUT2D eigenvalue weighted by atomic mass is 9.96. The van der Waals surface area contributed by atoms with E-state index in [0.29, 0.717) is 6.61 Å². The third-order valence-corrected chi connectivity index (χ3v) is 4.11. The lowest BCUT2D eigenvalue weighted by Gasteiger charge is -2.16. The van der Waals surface area contributed by atoms with Crippen molar-refractivity contribution >= 4 is 5.90 Å². The number of aliphatic imine (C=N–C) groups is 1. The van der Waals surface area contributed by atoms with E-state index < -0.39 is 0 Å². The van der Waals surface area contributed by atoms with E-state index in [1.807, 2.05) is 19.3 Å². The highest BCUT2D eigenvalue weighted by Crippen LogP contribution is 2.40. The highest BCUT2D eigenvalue weighted by molar-refractivity contribution is 5.76. The number of ether oxygens (including phenoxy) is 1. The second kappa shape index (κ2) is 4.13. The number of aromatic nitrogens is 2. The maximum absolute atomic E-state index is 5.59. The van der Waals surface area contributed by atoms with Crippen molar-refractivity contribution in [3.8, 4) is 11.1 Å². The lowest BCUT2D eigenvalue weighted by molar-refractivity contribution is 0.259. The smallest absolute Gasteiger partial charge is 0.180 e. The van der Waals surface area contributed by atoms with E-state index in [0.717, 1.165) is 24.3 Å². The molecule has 1 spiro atoms. The van der Waals surface area contributed by atoms with Gasteiger partial charge in [-0.3, -0.25) is 0 Å². The first-order valence-corrected chi connectivity index (χ1v) is 6.81. The molecule has 0 saturated carbocycles. The molecule has 0 fully saturated rings. The molecule has 1 aliphatic heterocycles. The summed E-state index contributed by atoms with van der Waals surface area (Å²) in [5, 5.41) is 0. The predicted octanol–water partition coefficient (Wildman–Crippen LogP) is 2.43. The molecular formula is C16H15N3O. The molecule has 4 heteroatoms. The maximum Gasteiger partial charge on any atom is 0.180 e. The van der Waals surface area contributed by atoms with Crippen molar-refractivity contribution in [2.45, 2.75) is 25.3 Å². The zero-order valence-corrected chi connectivity index (χ0v) is 11.3. The van der Waals surface area contributed by atoms with Crippen LogP contribution in [0.5, 0.6) is 0 Å². The normalized spacial score (nSPS) is 23.6. The van der Waals surface area contributed by atoms with Gasteiger partial charge in [0.25, 0.3) is 0 Å². The van der Waals surface area contributed by atoms with Gasteiger partial charge in [-0.1, -0.05) is 18.2 Å². The van der Waals surface area contributed by atoms with Crippen LogP contribution in [0.25, 0.3) is 11.1 Å². The molecule has 2 heterocycles. The Kier molecular flexibility index (Phi) is 2.39. The van der Waals surface area contributed by atoms with Crippen LogP contribution in [0.15, 0.2) is 41.9 Å². The van der Waals surface area contributed by atoms with E-state index in [4.69, 9.17) is 9.73 Å². The Morgan fingerprint density at radius 2 is 2.00 bits per heavy atom. The molecule has 2 aliphatic rings. The first kappa shape index (κ1) is 11.6. The van der Waals surface area contributed by atoms with Crippen LogP contribution in [0, 0.1) is 0 Å². The van der Waals surface area contributed by atoms with Gasteiger partial charge in [0.1, 0.15) is 18.5 Å². The van der Waals surface area contributed by atoms with Crippen molar-refractivity contribution in [3.63, 3.8) is 0 Å². The fourth-order valence-corrected chi connectivity index (χ4v) is 3.28. The van der Waals surface area contributed by atoms with Gasteiger partial charge >= 0.3 is 0 Å². The topological polar surface area (TPSA) is 47.4 Å². The summed E-state index contributed by atoms with van der Waals surface area (Å²) in [7, 11) is 0. The highest BCUT2D eigenvalue weighted by Gasteiger charge is 2.42. The Labute approximate surface area is 117 Å². The van der Waals surface area contributed by atoms with Gasteiger partial charge in [0.05, 0.1) is 0 Å². The predicted molar refractivity (Wildman–Crippen MR) is 76.7 cm³/mol. The van der Waals surface area contributed by atoms with Gasteiger partial charge in [0, 0.05) is 37.7 Å². The third kappa shape index (κ3) is 1.72. The van der Waals surface area contributed by atoms with E-state index >= 15 is 0 Å². The van der Waals surface area contributed by atoms with Crippen LogP contribution in [-0.4, -0.2) is 28.0 Å². The standard InChI is InChI=1S/C16H15N3O/c1-11-19-16(9-20-11)5-12-3-2-4-14(15(12)6-16)13-7-17-10-18-8-13/h2-4,7-8,10H,5-6,9H2,1H3/t16-/m1/s1.